The molecule has 84 valence electrons. The fourth-order valence-corrected chi connectivity index (χ4v) is 4.98. The van der Waals surface area contributed by atoms with E-state index in [-0.39, 0.29) is 0 Å². The molecular weight excluding hydrogens is 743 g/mol. The Labute approximate surface area is 155 Å². The lowest BCUT2D eigenvalue weighted by Crippen LogP contribution is -2.20. The summed E-state index contributed by atoms with van der Waals surface area (Å²) in [4.78, 5) is 0. The first kappa shape index (κ1) is 17.4. The van der Waals surface area contributed by atoms with E-state index in [2.05, 4.69) is 133 Å². The molecule has 0 aromatic heterocycles. The first-order valence-electron chi connectivity index (χ1n) is 4.33. The summed E-state index contributed by atoms with van der Waals surface area (Å²) in [6.07, 6.45) is 3.65. The van der Waals surface area contributed by atoms with Gasteiger partial charge in [-0.1, -0.05) is 110 Å². The van der Waals surface area contributed by atoms with E-state index in [1.807, 2.05) is 0 Å². The van der Waals surface area contributed by atoms with Crippen LogP contribution < -0.4 is 0 Å². The van der Waals surface area contributed by atoms with Crippen molar-refractivity contribution in [3.63, 3.8) is 0 Å². The third kappa shape index (κ3) is 6.97. The molecule has 0 aliphatic carbocycles. The van der Waals surface area contributed by atoms with E-state index in [0.29, 0.717) is 7.85 Å². The Morgan fingerprint density at radius 3 is 2.07 bits per heavy atom. The van der Waals surface area contributed by atoms with Crippen LogP contribution in [0, 0.1) is 0 Å². The van der Waals surface area contributed by atoms with E-state index in [1.54, 1.807) is 0 Å². The second-order valence-electron chi connectivity index (χ2n) is 2.99. The van der Waals surface area contributed by atoms with E-state index < -0.39 is 0 Å². The van der Waals surface area contributed by atoms with Gasteiger partial charge in [-0.3, -0.25) is 0 Å². The van der Waals surface area contributed by atoms with Crippen molar-refractivity contribution in [2.45, 2.75) is 36.0 Å². The lowest BCUT2D eigenvalue weighted by atomic mass is 10.2. The monoisotopic (exact) mass is 756 g/mol. The quantitative estimate of drug-likeness (QED) is 0.241. The fourth-order valence-electron chi connectivity index (χ4n) is 0.797. The van der Waals surface area contributed by atoms with Gasteiger partial charge >= 0.3 is 0 Å². The molecule has 0 spiro atoms. The van der Waals surface area contributed by atoms with Crippen molar-refractivity contribution in [3.8, 4) is 0 Å². The Balaban J connectivity index is 4.34. The van der Waals surface area contributed by atoms with Gasteiger partial charge in [0.05, 0.1) is 0 Å². The minimum atomic E-state index is 0.649. The molecule has 0 saturated heterocycles. The van der Waals surface area contributed by atoms with E-state index in [4.69, 9.17) is 0 Å². The lowest BCUT2D eigenvalue weighted by Gasteiger charge is -2.17. The fraction of sp³-hybridized carbons (Fsp3) is 0.778. The smallest absolute Gasteiger partial charge is 0.0427 e. The largest absolute Gasteiger partial charge is 0.0817 e. The number of alkyl halides is 4. The van der Waals surface area contributed by atoms with Crippen LogP contribution in [-0.4, -0.2) is 15.7 Å². The number of hydrogen-bond acceptors (Lipinski definition) is 0. The molecule has 0 bridgehead atoms. The highest BCUT2D eigenvalue weighted by Gasteiger charge is 2.19. The molecule has 0 fully saturated rings. The number of allylic oxidation sites excluding steroid dienone is 2. The highest BCUT2D eigenvalue weighted by atomic mass is 127. The van der Waals surface area contributed by atoms with E-state index in [0.717, 1.165) is 7.85 Å². The van der Waals surface area contributed by atoms with Crippen molar-refractivity contribution in [2.24, 2.45) is 0 Å². The summed E-state index contributed by atoms with van der Waals surface area (Å²) < 4.78 is 4.29. The van der Waals surface area contributed by atoms with Gasteiger partial charge in [-0.05, 0) is 29.0 Å². The Bertz CT molecular complexity index is 190. The van der Waals surface area contributed by atoms with Crippen molar-refractivity contribution >= 4 is 113 Å². The lowest BCUT2D eigenvalue weighted by molar-refractivity contribution is 0.931. The van der Waals surface area contributed by atoms with Crippen LogP contribution in [0.1, 0.15) is 20.3 Å². The molecule has 4 unspecified atom stereocenters. The van der Waals surface area contributed by atoms with E-state index in [1.165, 1.54) is 10.0 Å². The second-order valence-corrected chi connectivity index (χ2v) is 10.6. The minimum Gasteiger partial charge on any atom is -0.0817 e. The normalized spacial score (nSPS) is 21.5. The highest BCUT2D eigenvalue weighted by Crippen LogP contribution is 2.30. The first-order valence-corrected chi connectivity index (χ1v) is 10.4. The third-order valence-electron chi connectivity index (χ3n) is 1.72. The van der Waals surface area contributed by atoms with E-state index >= 15 is 0 Å². The summed E-state index contributed by atoms with van der Waals surface area (Å²) in [5, 5.41) is 0. The van der Waals surface area contributed by atoms with Gasteiger partial charge in [0.2, 0.25) is 0 Å². The molecule has 5 heteroatoms. The van der Waals surface area contributed by atoms with Gasteiger partial charge in [0, 0.05) is 19.3 Å². The maximum absolute atomic E-state index is 2.56. The van der Waals surface area contributed by atoms with Crippen LogP contribution in [0.15, 0.2) is 9.66 Å². The van der Waals surface area contributed by atoms with Gasteiger partial charge in [0.1, 0.15) is 0 Å². The Hall–Kier alpha value is 3.39. The average Bonchev–Trinajstić information content (AvgIpc) is 2.14. The van der Waals surface area contributed by atoms with Gasteiger partial charge in [-0.2, -0.15) is 0 Å². The van der Waals surface area contributed by atoms with Crippen molar-refractivity contribution < 1.29 is 0 Å². The summed E-state index contributed by atoms with van der Waals surface area (Å²) in [6.45, 7) is 4.53. The van der Waals surface area contributed by atoms with Crippen molar-refractivity contribution in [1.29, 1.82) is 0 Å². The first-order chi connectivity index (χ1) is 6.40. The molecule has 0 radical (unpaired) electrons. The standard InChI is InChI=1S/C9H13I5/c1-3-6(11)7(12)4-8(13)9(14)5(2)10/h4-6,8-9H,3H2,1-2H3. The summed E-state index contributed by atoms with van der Waals surface area (Å²) in [5.41, 5.74) is 0. The highest BCUT2D eigenvalue weighted by molar-refractivity contribution is 14.1. The molecular formula is C9H13I5. The van der Waals surface area contributed by atoms with Crippen LogP contribution in [0.3, 0.4) is 0 Å². The molecule has 0 rings (SSSR count). The molecule has 0 saturated carbocycles. The molecule has 14 heavy (non-hydrogen) atoms. The molecule has 0 amide bonds. The summed E-state index contributed by atoms with van der Waals surface area (Å²) >= 11 is 12.6. The summed E-state index contributed by atoms with van der Waals surface area (Å²) in [5.74, 6) is 0. The Morgan fingerprint density at radius 1 is 1.21 bits per heavy atom. The maximum Gasteiger partial charge on any atom is 0.0427 e. The zero-order valence-corrected chi connectivity index (χ0v) is 18.8. The molecule has 4 atom stereocenters. The summed E-state index contributed by atoms with van der Waals surface area (Å²) in [6, 6.07) is 0. The molecule has 0 aromatic carbocycles. The molecule has 0 aliphatic rings. The maximum atomic E-state index is 2.56. The van der Waals surface area contributed by atoms with E-state index in [9.17, 15) is 0 Å². The van der Waals surface area contributed by atoms with Crippen molar-refractivity contribution in [3.05, 3.63) is 9.66 Å². The predicted molar refractivity (Wildman–Crippen MR) is 109 cm³/mol. The topological polar surface area (TPSA) is 0 Å². The Morgan fingerprint density at radius 2 is 1.71 bits per heavy atom. The van der Waals surface area contributed by atoms with Gasteiger partial charge in [-0.15, -0.1) is 0 Å². The predicted octanol–water partition coefficient (Wildman–Crippen LogP) is 5.95. The average molecular weight is 756 g/mol. The molecule has 0 nitrogen and oxygen atoms in total. The molecule has 0 N–H and O–H groups in total. The van der Waals surface area contributed by atoms with Crippen LogP contribution in [0.2, 0.25) is 0 Å². The van der Waals surface area contributed by atoms with Gasteiger partial charge in [-0.25, -0.2) is 0 Å². The van der Waals surface area contributed by atoms with Gasteiger partial charge < -0.3 is 0 Å². The Kier molecular flexibility index (Phi) is 11.6. The van der Waals surface area contributed by atoms with Gasteiger partial charge in [0.25, 0.3) is 0 Å². The van der Waals surface area contributed by atoms with Crippen LogP contribution in [0.25, 0.3) is 0 Å². The second kappa shape index (κ2) is 9.34. The van der Waals surface area contributed by atoms with Gasteiger partial charge in [0.15, 0.2) is 0 Å². The number of hydrogen-bond donors (Lipinski definition) is 0. The minimum absolute atomic E-state index is 0.649. The zero-order valence-electron chi connectivity index (χ0n) is 7.98. The molecule has 0 heterocycles. The summed E-state index contributed by atoms with van der Waals surface area (Å²) in [7, 11) is 0. The zero-order chi connectivity index (χ0) is 11.3. The molecule has 0 aliphatic heterocycles. The third-order valence-corrected chi connectivity index (χ3v) is 12.1. The van der Waals surface area contributed by atoms with Crippen LogP contribution in [0.4, 0.5) is 0 Å². The number of halogens is 5. The SMILES string of the molecule is CCC(I)C(I)=CC(I)C(I)C(C)I. The molecule has 0 aromatic rings. The van der Waals surface area contributed by atoms with Crippen LogP contribution in [0.5, 0.6) is 0 Å². The van der Waals surface area contributed by atoms with Crippen molar-refractivity contribution in [1.82, 2.24) is 0 Å². The number of rotatable bonds is 5. The van der Waals surface area contributed by atoms with Crippen LogP contribution >= 0.6 is 113 Å². The van der Waals surface area contributed by atoms with Crippen LogP contribution in [-0.2, 0) is 0 Å². The van der Waals surface area contributed by atoms with Crippen molar-refractivity contribution in [2.75, 3.05) is 0 Å².